The molecule has 1 aromatic carbocycles. The predicted molar refractivity (Wildman–Crippen MR) is 79.8 cm³/mol. The van der Waals surface area contributed by atoms with E-state index in [1.807, 2.05) is 6.07 Å². The largest absolute Gasteiger partial charge is 0.320 e. The first-order chi connectivity index (χ1) is 7.99. The summed E-state index contributed by atoms with van der Waals surface area (Å²) in [7, 11) is 0. The van der Waals surface area contributed by atoms with Gasteiger partial charge in [0.05, 0.1) is 13.6 Å². The van der Waals surface area contributed by atoms with E-state index >= 15 is 0 Å². The molecule has 2 aromatic rings. The van der Waals surface area contributed by atoms with Crippen molar-refractivity contribution in [3.8, 4) is 0 Å². The van der Waals surface area contributed by atoms with Gasteiger partial charge in [-0.2, -0.15) is 0 Å². The van der Waals surface area contributed by atoms with Crippen LogP contribution in [0.15, 0.2) is 36.3 Å². The number of rotatable bonds is 2. The van der Waals surface area contributed by atoms with Gasteiger partial charge in [0, 0.05) is 4.47 Å². The average molecular weight is 444 g/mol. The molecule has 1 atom stereocenters. The van der Waals surface area contributed by atoms with Crippen LogP contribution in [0, 0.1) is 5.82 Å². The molecule has 2 N–H and O–H groups in total. The van der Waals surface area contributed by atoms with E-state index in [9.17, 15) is 4.39 Å². The Labute approximate surface area is 128 Å². The van der Waals surface area contributed by atoms with Gasteiger partial charge in [0.2, 0.25) is 0 Å². The van der Waals surface area contributed by atoms with Gasteiger partial charge in [0.1, 0.15) is 5.82 Å². The molecule has 1 heterocycles. The predicted octanol–water partition coefficient (Wildman–Crippen LogP) is 5.22. The number of halogens is 4. The van der Waals surface area contributed by atoms with Crippen LogP contribution in [0.4, 0.5) is 4.39 Å². The van der Waals surface area contributed by atoms with Gasteiger partial charge < -0.3 is 5.73 Å². The van der Waals surface area contributed by atoms with Crippen molar-refractivity contribution in [1.82, 2.24) is 0 Å². The van der Waals surface area contributed by atoms with Gasteiger partial charge in [0.25, 0.3) is 0 Å². The fourth-order valence-corrected chi connectivity index (χ4v) is 5.01. The molecule has 17 heavy (non-hydrogen) atoms. The normalized spacial score (nSPS) is 12.8. The molecule has 1 aromatic heterocycles. The van der Waals surface area contributed by atoms with E-state index < -0.39 is 0 Å². The summed E-state index contributed by atoms with van der Waals surface area (Å²) in [6.07, 6.45) is 0. The summed E-state index contributed by atoms with van der Waals surface area (Å²) in [5.41, 5.74) is 8.02. The highest BCUT2D eigenvalue weighted by molar-refractivity contribution is 9.12. The fraction of sp³-hybridized carbons (Fsp3) is 0.0909. The lowest BCUT2D eigenvalue weighted by Gasteiger charge is -2.13. The van der Waals surface area contributed by atoms with Gasteiger partial charge in [-0.05, 0) is 61.2 Å². The second-order valence-electron chi connectivity index (χ2n) is 3.42. The monoisotopic (exact) mass is 441 g/mol. The van der Waals surface area contributed by atoms with Crippen LogP contribution in [0.5, 0.6) is 0 Å². The zero-order chi connectivity index (χ0) is 12.6. The van der Waals surface area contributed by atoms with E-state index in [1.54, 1.807) is 17.4 Å². The third-order valence-corrected chi connectivity index (χ3v) is 5.39. The van der Waals surface area contributed by atoms with Crippen LogP contribution < -0.4 is 5.73 Å². The molecule has 0 saturated carbocycles. The lowest BCUT2D eigenvalue weighted by molar-refractivity contribution is 0.625. The zero-order valence-corrected chi connectivity index (χ0v) is 14.0. The van der Waals surface area contributed by atoms with Crippen molar-refractivity contribution in [2.24, 2.45) is 5.73 Å². The molecule has 0 radical (unpaired) electrons. The molecule has 90 valence electrons. The highest BCUT2D eigenvalue weighted by atomic mass is 79.9. The summed E-state index contributed by atoms with van der Waals surface area (Å²) in [6, 6.07) is 6.21. The Morgan fingerprint density at radius 1 is 1.12 bits per heavy atom. The Balaban J connectivity index is 2.43. The van der Waals surface area contributed by atoms with Gasteiger partial charge >= 0.3 is 0 Å². The molecule has 0 aliphatic rings. The van der Waals surface area contributed by atoms with Crippen LogP contribution in [-0.4, -0.2) is 0 Å². The first-order valence-electron chi connectivity index (χ1n) is 4.64. The van der Waals surface area contributed by atoms with Crippen LogP contribution in [-0.2, 0) is 0 Å². The van der Waals surface area contributed by atoms with Gasteiger partial charge in [0.15, 0.2) is 0 Å². The summed E-state index contributed by atoms with van der Waals surface area (Å²) in [5, 5.41) is 0. The van der Waals surface area contributed by atoms with Gasteiger partial charge in [-0.1, -0.05) is 22.0 Å². The molecular weight excluding hydrogens is 437 g/mol. The molecule has 0 aliphatic heterocycles. The van der Waals surface area contributed by atoms with E-state index in [0.717, 1.165) is 18.7 Å². The number of thiophene rings is 1. The second kappa shape index (κ2) is 5.48. The van der Waals surface area contributed by atoms with Crippen molar-refractivity contribution in [2.75, 3.05) is 0 Å². The third-order valence-electron chi connectivity index (χ3n) is 2.32. The number of hydrogen-bond acceptors (Lipinski definition) is 2. The molecule has 6 heteroatoms. The summed E-state index contributed by atoms with van der Waals surface area (Å²) < 4.78 is 15.7. The number of benzene rings is 1. The van der Waals surface area contributed by atoms with Gasteiger partial charge in [-0.15, -0.1) is 11.3 Å². The van der Waals surface area contributed by atoms with E-state index in [2.05, 4.69) is 47.8 Å². The highest BCUT2D eigenvalue weighted by Gasteiger charge is 2.17. The van der Waals surface area contributed by atoms with E-state index in [-0.39, 0.29) is 11.9 Å². The van der Waals surface area contributed by atoms with Crippen molar-refractivity contribution in [1.29, 1.82) is 0 Å². The maximum Gasteiger partial charge on any atom is 0.124 e. The Bertz CT molecular complexity index is 556. The Morgan fingerprint density at radius 3 is 2.35 bits per heavy atom. The maximum atomic E-state index is 13.0. The molecule has 1 unspecified atom stereocenters. The highest BCUT2D eigenvalue weighted by Crippen LogP contribution is 2.38. The number of nitrogens with two attached hydrogens (primary N) is 1. The van der Waals surface area contributed by atoms with Crippen molar-refractivity contribution in [3.05, 3.63) is 53.3 Å². The van der Waals surface area contributed by atoms with Gasteiger partial charge in [-0.3, -0.25) is 0 Å². The number of hydrogen-bond donors (Lipinski definition) is 1. The maximum absolute atomic E-state index is 13.0. The van der Waals surface area contributed by atoms with Crippen LogP contribution in [0.2, 0.25) is 0 Å². The molecule has 2 rings (SSSR count). The van der Waals surface area contributed by atoms with Crippen molar-refractivity contribution >= 4 is 59.1 Å². The first-order valence-corrected chi connectivity index (χ1v) is 7.84. The summed E-state index contributed by atoms with van der Waals surface area (Å²) in [5.74, 6) is -0.279. The van der Waals surface area contributed by atoms with Gasteiger partial charge in [-0.25, -0.2) is 4.39 Å². The quantitative estimate of drug-likeness (QED) is 0.676. The topological polar surface area (TPSA) is 26.0 Å². The van der Waals surface area contributed by atoms with Crippen molar-refractivity contribution < 1.29 is 4.39 Å². The molecule has 0 saturated heterocycles. The van der Waals surface area contributed by atoms with Crippen molar-refractivity contribution in [3.63, 3.8) is 0 Å². The minimum Gasteiger partial charge on any atom is -0.320 e. The van der Waals surface area contributed by atoms with Crippen LogP contribution in [0.25, 0.3) is 0 Å². The minimum absolute atomic E-state index is 0.279. The molecule has 0 amide bonds. The van der Waals surface area contributed by atoms with Crippen LogP contribution in [0.1, 0.15) is 17.2 Å². The van der Waals surface area contributed by atoms with Crippen LogP contribution in [0.3, 0.4) is 0 Å². The SMILES string of the molecule is NC(c1ccc(F)cc1Br)c1cc(Br)sc1Br. The Hall–Kier alpha value is 0.250. The third kappa shape index (κ3) is 2.98. The zero-order valence-electron chi connectivity index (χ0n) is 8.38. The smallest absolute Gasteiger partial charge is 0.124 e. The van der Waals surface area contributed by atoms with Crippen molar-refractivity contribution in [2.45, 2.75) is 6.04 Å². The molecule has 0 fully saturated rings. The minimum atomic E-state index is -0.290. The summed E-state index contributed by atoms with van der Waals surface area (Å²) in [4.78, 5) is 0. The second-order valence-corrected chi connectivity index (χ2v) is 8.03. The Morgan fingerprint density at radius 2 is 1.82 bits per heavy atom. The molecule has 1 nitrogen and oxygen atoms in total. The van der Waals surface area contributed by atoms with E-state index in [4.69, 9.17) is 5.73 Å². The summed E-state index contributed by atoms with van der Waals surface area (Å²) >= 11 is 11.8. The van der Waals surface area contributed by atoms with Crippen LogP contribution >= 0.6 is 59.1 Å². The fourth-order valence-electron chi connectivity index (χ4n) is 1.49. The standard InChI is InChI=1S/C11H7Br3FNS/c12-8-3-5(15)1-2-6(8)10(16)7-4-9(13)17-11(7)14/h1-4,10H,16H2. The average Bonchev–Trinajstić information content (AvgIpc) is 2.57. The lowest BCUT2D eigenvalue weighted by Crippen LogP contribution is -2.12. The molecular formula is C11H7Br3FNS. The Kier molecular flexibility index (Phi) is 4.41. The molecule has 0 aliphatic carbocycles. The van der Waals surface area contributed by atoms with E-state index in [1.165, 1.54) is 12.1 Å². The lowest BCUT2D eigenvalue weighted by atomic mass is 10.0. The molecule has 0 bridgehead atoms. The summed E-state index contributed by atoms with van der Waals surface area (Å²) in [6.45, 7) is 0. The van der Waals surface area contributed by atoms with E-state index in [0.29, 0.717) is 4.47 Å². The molecule has 0 spiro atoms. The first kappa shape index (κ1) is 13.7.